The fraction of sp³-hybridized carbons (Fsp3) is 0.667. The lowest BCUT2D eigenvalue weighted by atomic mass is 9.69. The molecule has 0 spiro atoms. The lowest BCUT2D eigenvalue weighted by Gasteiger charge is -2.39. The van der Waals surface area contributed by atoms with Gasteiger partial charge >= 0.3 is 0 Å². The highest BCUT2D eigenvalue weighted by molar-refractivity contribution is 5.50. The lowest BCUT2D eigenvalue weighted by Crippen LogP contribution is -2.32. The molecule has 1 N–H and O–H groups in total. The SMILES string of the molecule is CCC(C)(C)C1CCC(Nc2ccccc2C)CC1. The van der Waals surface area contributed by atoms with Crippen molar-refractivity contribution >= 4 is 5.69 Å². The van der Waals surface area contributed by atoms with Crippen molar-refractivity contribution in [3.05, 3.63) is 29.8 Å². The summed E-state index contributed by atoms with van der Waals surface area (Å²) in [7, 11) is 0. The minimum Gasteiger partial charge on any atom is -0.382 e. The molecule has 1 aromatic rings. The average Bonchev–Trinajstić information content (AvgIpc) is 2.42. The number of hydrogen-bond acceptors (Lipinski definition) is 1. The molecule has 0 bridgehead atoms. The predicted molar refractivity (Wildman–Crippen MR) is 84.6 cm³/mol. The van der Waals surface area contributed by atoms with Crippen LogP contribution in [0.4, 0.5) is 5.69 Å². The van der Waals surface area contributed by atoms with Crippen LogP contribution in [0.25, 0.3) is 0 Å². The predicted octanol–water partition coefficient (Wildman–Crippen LogP) is 5.40. The molecule has 0 aliphatic heterocycles. The van der Waals surface area contributed by atoms with Gasteiger partial charge in [0.25, 0.3) is 0 Å². The van der Waals surface area contributed by atoms with Gasteiger partial charge in [-0.1, -0.05) is 45.4 Å². The van der Waals surface area contributed by atoms with E-state index in [1.54, 1.807) is 0 Å². The normalized spacial score (nSPS) is 24.2. The van der Waals surface area contributed by atoms with E-state index in [0.717, 1.165) is 5.92 Å². The van der Waals surface area contributed by atoms with Gasteiger partial charge in [0.15, 0.2) is 0 Å². The third kappa shape index (κ3) is 3.52. The first kappa shape index (κ1) is 14.4. The van der Waals surface area contributed by atoms with Crippen molar-refractivity contribution in [2.24, 2.45) is 11.3 Å². The molecule has 1 aliphatic carbocycles. The zero-order valence-corrected chi connectivity index (χ0v) is 13.0. The van der Waals surface area contributed by atoms with E-state index < -0.39 is 0 Å². The molecule has 0 heterocycles. The highest BCUT2D eigenvalue weighted by Gasteiger charge is 2.31. The molecule has 0 aromatic heterocycles. The summed E-state index contributed by atoms with van der Waals surface area (Å²) in [4.78, 5) is 0. The second-order valence-electron chi connectivity index (χ2n) is 6.85. The second kappa shape index (κ2) is 5.98. The van der Waals surface area contributed by atoms with Gasteiger partial charge in [-0.25, -0.2) is 0 Å². The molecule has 0 saturated heterocycles. The fourth-order valence-corrected chi connectivity index (χ4v) is 3.26. The third-order valence-corrected chi connectivity index (χ3v) is 5.25. The molecule has 0 amide bonds. The van der Waals surface area contributed by atoms with Crippen LogP contribution in [-0.4, -0.2) is 6.04 Å². The molecular weight excluding hydrogens is 230 g/mol. The van der Waals surface area contributed by atoms with Crippen LogP contribution in [0.15, 0.2) is 24.3 Å². The summed E-state index contributed by atoms with van der Waals surface area (Å²) in [6.07, 6.45) is 6.70. The number of nitrogens with one attached hydrogen (secondary N) is 1. The van der Waals surface area contributed by atoms with Gasteiger partial charge in [0.1, 0.15) is 0 Å². The molecule has 1 heteroatoms. The minimum absolute atomic E-state index is 0.521. The molecule has 106 valence electrons. The maximum absolute atomic E-state index is 3.74. The lowest BCUT2D eigenvalue weighted by molar-refractivity contribution is 0.147. The van der Waals surface area contributed by atoms with Crippen LogP contribution in [0.1, 0.15) is 58.4 Å². The maximum atomic E-state index is 3.74. The van der Waals surface area contributed by atoms with E-state index in [9.17, 15) is 0 Å². The number of aryl methyl sites for hydroxylation is 1. The highest BCUT2D eigenvalue weighted by atomic mass is 14.9. The molecule has 1 aromatic carbocycles. The molecule has 1 saturated carbocycles. The second-order valence-corrected chi connectivity index (χ2v) is 6.85. The van der Waals surface area contributed by atoms with E-state index in [-0.39, 0.29) is 0 Å². The van der Waals surface area contributed by atoms with E-state index in [1.807, 2.05) is 0 Å². The first-order valence-corrected chi connectivity index (χ1v) is 7.85. The number of benzene rings is 1. The van der Waals surface area contributed by atoms with E-state index in [1.165, 1.54) is 43.4 Å². The Balaban J connectivity index is 1.89. The smallest absolute Gasteiger partial charge is 0.0372 e. The Labute approximate surface area is 118 Å². The number of para-hydroxylation sites is 1. The van der Waals surface area contributed by atoms with Crippen LogP contribution in [-0.2, 0) is 0 Å². The number of hydrogen-bond donors (Lipinski definition) is 1. The molecule has 1 aliphatic rings. The van der Waals surface area contributed by atoms with Crippen molar-refractivity contribution in [1.82, 2.24) is 0 Å². The van der Waals surface area contributed by atoms with Crippen LogP contribution < -0.4 is 5.32 Å². The highest BCUT2D eigenvalue weighted by Crippen LogP contribution is 2.40. The third-order valence-electron chi connectivity index (χ3n) is 5.25. The van der Waals surface area contributed by atoms with Gasteiger partial charge in [-0.15, -0.1) is 0 Å². The van der Waals surface area contributed by atoms with Crippen LogP contribution in [0, 0.1) is 18.3 Å². The maximum Gasteiger partial charge on any atom is 0.0372 e. The zero-order valence-electron chi connectivity index (χ0n) is 13.0. The largest absolute Gasteiger partial charge is 0.382 e. The Morgan fingerprint density at radius 1 is 1.11 bits per heavy atom. The molecular formula is C18H29N. The molecule has 1 nitrogen and oxygen atoms in total. The van der Waals surface area contributed by atoms with Crippen LogP contribution in [0.3, 0.4) is 0 Å². The molecule has 1 fully saturated rings. The van der Waals surface area contributed by atoms with Gasteiger partial charge in [0.2, 0.25) is 0 Å². The fourth-order valence-electron chi connectivity index (χ4n) is 3.26. The van der Waals surface area contributed by atoms with Gasteiger partial charge in [0.05, 0.1) is 0 Å². The van der Waals surface area contributed by atoms with Crippen molar-refractivity contribution in [1.29, 1.82) is 0 Å². The van der Waals surface area contributed by atoms with Crippen LogP contribution in [0.5, 0.6) is 0 Å². The summed E-state index contributed by atoms with van der Waals surface area (Å²) in [5.74, 6) is 0.910. The van der Waals surface area contributed by atoms with Gasteiger partial charge in [-0.3, -0.25) is 0 Å². The van der Waals surface area contributed by atoms with Crippen molar-refractivity contribution in [2.45, 2.75) is 65.8 Å². The van der Waals surface area contributed by atoms with Gasteiger partial charge in [-0.2, -0.15) is 0 Å². The van der Waals surface area contributed by atoms with E-state index in [2.05, 4.69) is 57.3 Å². The Hall–Kier alpha value is -0.980. The van der Waals surface area contributed by atoms with Crippen LogP contribution >= 0.6 is 0 Å². The van der Waals surface area contributed by atoms with Gasteiger partial charge < -0.3 is 5.32 Å². The standard InChI is InChI=1S/C18H29N/c1-5-18(3,4)15-10-12-16(13-11-15)19-17-9-7-6-8-14(17)2/h6-9,15-16,19H,5,10-13H2,1-4H3. The van der Waals surface area contributed by atoms with E-state index in [4.69, 9.17) is 0 Å². The van der Waals surface area contributed by atoms with Gasteiger partial charge in [0, 0.05) is 11.7 Å². The summed E-state index contributed by atoms with van der Waals surface area (Å²) in [6, 6.07) is 9.30. The van der Waals surface area contributed by atoms with Gasteiger partial charge in [-0.05, 0) is 55.6 Å². The summed E-state index contributed by atoms with van der Waals surface area (Å²) in [6.45, 7) is 9.39. The van der Waals surface area contributed by atoms with E-state index in [0.29, 0.717) is 11.5 Å². The molecule has 0 unspecified atom stereocenters. The van der Waals surface area contributed by atoms with Crippen molar-refractivity contribution in [3.8, 4) is 0 Å². The summed E-state index contributed by atoms with van der Waals surface area (Å²) >= 11 is 0. The summed E-state index contributed by atoms with van der Waals surface area (Å²) in [5, 5.41) is 3.74. The molecule has 0 atom stereocenters. The first-order valence-electron chi connectivity index (χ1n) is 7.85. The molecule has 0 radical (unpaired) electrons. The molecule has 2 rings (SSSR count). The van der Waals surface area contributed by atoms with Crippen LogP contribution in [0.2, 0.25) is 0 Å². The molecule has 19 heavy (non-hydrogen) atoms. The minimum atomic E-state index is 0.521. The van der Waals surface area contributed by atoms with Crippen molar-refractivity contribution < 1.29 is 0 Å². The quantitative estimate of drug-likeness (QED) is 0.763. The Morgan fingerprint density at radius 3 is 2.32 bits per heavy atom. The first-order chi connectivity index (χ1) is 9.03. The topological polar surface area (TPSA) is 12.0 Å². The Bertz CT molecular complexity index is 400. The Kier molecular flexibility index (Phi) is 4.54. The zero-order chi connectivity index (χ0) is 13.9. The number of rotatable bonds is 4. The average molecular weight is 259 g/mol. The van der Waals surface area contributed by atoms with Crippen molar-refractivity contribution in [2.75, 3.05) is 5.32 Å². The van der Waals surface area contributed by atoms with E-state index >= 15 is 0 Å². The summed E-state index contributed by atoms with van der Waals surface area (Å²) in [5.41, 5.74) is 3.20. The van der Waals surface area contributed by atoms with Crippen molar-refractivity contribution in [3.63, 3.8) is 0 Å². The summed E-state index contributed by atoms with van der Waals surface area (Å²) < 4.78 is 0. The Morgan fingerprint density at radius 2 is 1.74 bits per heavy atom. The monoisotopic (exact) mass is 259 g/mol. The number of anilines is 1.